The number of alkyl halides is 3. The van der Waals surface area contributed by atoms with Crippen LogP contribution in [0.15, 0.2) is 24.4 Å². The molecule has 0 aliphatic carbocycles. The molecule has 1 aromatic heterocycles. The van der Waals surface area contributed by atoms with Crippen LogP contribution in [0.2, 0.25) is 1.41 Å². The lowest BCUT2D eigenvalue weighted by Gasteiger charge is -2.14. The van der Waals surface area contributed by atoms with Crippen molar-refractivity contribution in [2.24, 2.45) is 0 Å². The second-order valence-corrected chi connectivity index (χ2v) is 3.54. The number of pyridine rings is 1. The summed E-state index contributed by atoms with van der Waals surface area (Å²) >= 11 is 0. The summed E-state index contributed by atoms with van der Waals surface area (Å²) in [6.07, 6.45) is -1.03. The van der Waals surface area contributed by atoms with Crippen molar-refractivity contribution in [2.75, 3.05) is 13.1 Å². The molecule has 1 N–H and O–H groups in total. The molecule has 1 aromatic rings. The smallest absolute Gasteiger partial charge is 0.313 e. The van der Waals surface area contributed by atoms with Gasteiger partial charge in [0.15, 0.2) is 0 Å². The van der Waals surface area contributed by atoms with Crippen molar-refractivity contribution in [3.8, 4) is 0 Å². The van der Waals surface area contributed by atoms with Gasteiger partial charge in [-0.1, -0.05) is 6.08 Å². The molecule has 0 amide bonds. The van der Waals surface area contributed by atoms with E-state index in [1.54, 1.807) is 0 Å². The quantitative estimate of drug-likeness (QED) is 0.800. The predicted octanol–water partition coefficient (Wildman–Crippen LogP) is 2.48. The van der Waals surface area contributed by atoms with E-state index in [0.717, 1.165) is 17.8 Å². The van der Waals surface area contributed by atoms with Crippen LogP contribution in [0.4, 0.5) is 13.2 Å². The molecule has 0 spiro atoms. The van der Waals surface area contributed by atoms with E-state index in [-0.39, 0.29) is 0 Å². The molecular formula is C11H11F3N2. The molecule has 16 heavy (non-hydrogen) atoms. The molecule has 0 aromatic carbocycles. The van der Waals surface area contributed by atoms with Crippen LogP contribution in [-0.2, 0) is 6.18 Å². The van der Waals surface area contributed by atoms with Crippen molar-refractivity contribution in [1.29, 1.82) is 0 Å². The molecule has 0 unspecified atom stereocenters. The fraction of sp³-hybridized carbons (Fsp3) is 0.364. The fourth-order valence-electron chi connectivity index (χ4n) is 1.55. The molecule has 5 heteroatoms. The monoisotopic (exact) mass is 229 g/mol. The average Bonchev–Trinajstić information content (AvgIpc) is 2.29. The molecule has 2 rings (SSSR count). The van der Waals surface area contributed by atoms with Gasteiger partial charge in [-0.25, -0.2) is 0 Å². The minimum atomic E-state index is -4.34. The van der Waals surface area contributed by atoms with Crippen LogP contribution in [0.3, 0.4) is 0 Å². The Bertz CT molecular complexity index is 425. The van der Waals surface area contributed by atoms with E-state index in [1.165, 1.54) is 11.4 Å². The Balaban J connectivity index is 2.19. The van der Waals surface area contributed by atoms with Gasteiger partial charge in [0.05, 0.1) is 11.3 Å². The molecule has 86 valence electrons. The third-order valence-electron chi connectivity index (χ3n) is 2.43. The summed E-state index contributed by atoms with van der Waals surface area (Å²) in [5, 5.41) is 1.40. The van der Waals surface area contributed by atoms with Crippen molar-refractivity contribution < 1.29 is 14.6 Å². The maximum absolute atomic E-state index is 12.3. The maximum Gasteiger partial charge on any atom is 0.417 e. The van der Waals surface area contributed by atoms with E-state index in [1.807, 2.05) is 6.08 Å². The van der Waals surface area contributed by atoms with Crippen molar-refractivity contribution in [1.82, 2.24) is 10.3 Å². The first-order valence-electron chi connectivity index (χ1n) is 5.38. The van der Waals surface area contributed by atoms with Gasteiger partial charge in [0.1, 0.15) is 1.41 Å². The number of rotatable bonds is 1. The lowest BCUT2D eigenvalue weighted by atomic mass is 10.0. The van der Waals surface area contributed by atoms with Crippen LogP contribution >= 0.6 is 0 Å². The van der Waals surface area contributed by atoms with Crippen molar-refractivity contribution >= 4 is 5.57 Å². The summed E-state index contributed by atoms with van der Waals surface area (Å²) in [7, 11) is 0. The molecular weight excluding hydrogens is 217 g/mol. The normalized spacial score (nSPS) is 19.2. The van der Waals surface area contributed by atoms with Gasteiger partial charge in [-0.05, 0) is 30.7 Å². The predicted molar refractivity (Wildman–Crippen MR) is 54.7 cm³/mol. The largest absolute Gasteiger partial charge is 0.417 e. The number of hydrogen-bond acceptors (Lipinski definition) is 2. The summed E-state index contributed by atoms with van der Waals surface area (Å²) in [6, 6.07) is 2.42. The van der Waals surface area contributed by atoms with Gasteiger partial charge >= 0.3 is 6.18 Å². The van der Waals surface area contributed by atoms with Gasteiger partial charge in [-0.2, -0.15) is 13.2 Å². The highest BCUT2D eigenvalue weighted by atomic mass is 19.4. The zero-order valence-electron chi connectivity index (χ0n) is 9.46. The Labute approximate surface area is 92.7 Å². The highest BCUT2D eigenvalue weighted by molar-refractivity contribution is 5.63. The van der Waals surface area contributed by atoms with E-state index in [2.05, 4.69) is 4.98 Å². The van der Waals surface area contributed by atoms with E-state index in [0.29, 0.717) is 25.2 Å². The first-order valence-corrected chi connectivity index (χ1v) is 4.93. The second kappa shape index (κ2) is 4.25. The Hall–Kier alpha value is -1.36. The van der Waals surface area contributed by atoms with Crippen LogP contribution in [0, 0.1) is 0 Å². The standard InChI is InChI=1S/C11H11F3N2/c12-11(13,14)9-1-2-10(16-7-9)8-3-5-15-6-4-8/h1-3,7,15H,4-6H2/i/hD. The first kappa shape index (κ1) is 9.84. The van der Waals surface area contributed by atoms with E-state index in [9.17, 15) is 13.2 Å². The number of halogens is 3. The molecule has 2 nitrogen and oxygen atoms in total. The van der Waals surface area contributed by atoms with Gasteiger partial charge in [0.2, 0.25) is 0 Å². The number of hydrogen-bond donors (Lipinski definition) is 1. The SMILES string of the molecule is [2H]N1CC=C(c2ccc(C(F)(F)F)cn2)CC1. The molecule has 2 heterocycles. The third kappa shape index (κ3) is 2.41. The van der Waals surface area contributed by atoms with E-state index in [4.69, 9.17) is 1.41 Å². The van der Waals surface area contributed by atoms with E-state index < -0.39 is 11.7 Å². The maximum atomic E-state index is 12.3. The molecule has 0 saturated heterocycles. The molecule has 0 bridgehead atoms. The minimum absolute atomic E-state index is 0.484. The van der Waals surface area contributed by atoms with Gasteiger partial charge in [-0.15, -0.1) is 0 Å². The highest BCUT2D eigenvalue weighted by Gasteiger charge is 2.30. The molecule has 0 fully saturated rings. The van der Waals surface area contributed by atoms with Crippen LogP contribution in [-0.4, -0.2) is 18.1 Å². The second-order valence-electron chi connectivity index (χ2n) is 3.54. The van der Waals surface area contributed by atoms with Crippen molar-refractivity contribution in [3.05, 3.63) is 35.7 Å². The summed E-state index contributed by atoms with van der Waals surface area (Å²) < 4.78 is 44.3. The third-order valence-corrected chi connectivity index (χ3v) is 2.43. The Morgan fingerprint density at radius 3 is 2.69 bits per heavy atom. The molecule has 0 atom stereocenters. The summed E-state index contributed by atoms with van der Waals surface area (Å²) in [5.74, 6) is 0. The molecule has 0 radical (unpaired) electrons. The minimum Gasteiger partial charge on any atom is -0.313 e. The Morgan fingerprint density at radius 1 is 1.38 bits per heavy atom. The summed E-state index contributed by atoms with van der Waals surface area (Å²) in [5.41, 5.74) is 0.730. The summed E-state index contributed by atoms with van der Waals surface area (Å²) in [4.78, 5) is 3.83. The van der Waals surface area contributed by atoms with Gasteiger partial charge < -0.3 is 5.31 Å². The zero-order chi connectivity index (χ0) is 12.5. The van der Waals surface area contributed by atoms with Crippen LogP contribution in [0.5, 0.6) is 0 Å². The number of nitrogens with one attached hydrogen (secondary N) is 1. The summed E-state index contributed by atoms with van der Waals surface area (Å²) in [6.45, 7) is 1.06. The Morgan fingerprint density at radius 2 is 2.19 bits per heavy atom. The van der Waals surface area contributed by atoms with Crippen molar-refractivity contribution in [2.45, 2.75) is 12.6 Å². The first-order chi connectivity index (χ1) is 7.97. The Kier molecular flexibility index (Phi) is 2.61. The van der Waals surface area contributed by atoms with Crippen molar-refractivity contribution in [3.63, 3.8) is 0 Å². The zero-order valence-corrected chi connectivity index (χ0v) is 8.46. The van der Waals surface area contributed by atoms with Crippen LogP contribution < -0.4 is 5.31 Å². The van der Waals surface area contributed by atoms with Gasteiger partial charge in [0, 0.05) is 12.7 Å². The fourth-order valence-corrected chi connectivity index (χ4v) is 1.55. The molecule has 0 saturated carbocycles. The lowest BCUT2D eigenvalue weighted by Crippen LogP contribution is -2.20. The number of aromatic nitrogens is 1. The van der Waals surface area contributed by atoms with Gasteiger partial charge in [-0.3, -0.25) is 4.98 Å². The van der Waals surface area contributed by atoms with E-state index >= 15 is 0 Å². The lowest BCUT2D eigenvalue weighted by molar-refractivity contribution is -0.137. The van der Waals surface area contributed by atoms with Crippen LogP contribution in [0.25, 0.3) is 5.57 Å². The number of nitrogens with zero attached hydrogens (tertiary/aromatic N) is 1. The molecule has 1 aliphatic rings. The topological polar surface area (TPSA) is 24.9 Å². The van der Waals surface area contributed by atoms with Gasteiger partial charge in [0.25, 0.3) is 0 Å². The highest BCUT2D eigenvalue weighted by Crippen LogP contribution is 2.29. The average molecular weight is 229 g/mol. The molecule has 1 aliphatic heterocycles. The van der Waals surface area contributed by atoms with Crippen LogP contribution in [0.1, 0.15) is 17.7 Å².